The topological polar surface area (TPSA) is 104 Å². The van der Waals surface area contributed by atoms with Crippen molar-refractivity contribution >= 4 is 29.2 Å². The summed E-state index contributed by atoms with van der Waals surface area (Å²) in [5.74, 6) is -0.0754. The molecule has 0 fully saturated rings. The van der Waals surface area contributed by atoms with Crippen LogP contribution in [0.1, 0.15) is 47.3 Å². The molecular weight excluding hydrogens is 432 g/mol. The third-order valence-electron chi connectivity index (χ3n) is 5.95. The van der Waals surface area contributed by atoms with Crippen molar-refractivity contribution in [3.63, 3.8) is 0 Å². The monoisotopic (exact) mass is 468 g/mol. The van der Waals surface area contributed by atoms with E-state index in [9.17, 15) is 9.59 Å². The van der Waals surface area contributed by atoms with Crippen LogP contribution in [0, 0.1) is 13.8 Å². The quantitative estimate of drug-likeness (QED) is 0.267. The number of aryl methyl sites for hydroxylation is 1. The van der Waals surface area contributed by atoms with Gasteiger partial charge in [-0.25, -0.2) is 0 Å². The minimum atomic E-state index is -0.103. The fourth-order valence-electron chi connectivity index (χ4n) is 4.31. The Labute approximate surface area is 201 Å². The number of aromatic nitrogens is 1. The fourth-order valence-corrected chi connectivity index (χ4v) is 4.31. The predicted octanol–water partition coefficient (Wildman–Crippen LogP) is 2.99. The smallest absolute Gasteiger partial charge is 0.256 e. The first-order valence-electron chi connectivity index (χ1n) is 11.8. The van der Waals surface area contributed by atoms with Crippen LogP contribution in [0.2, 0.25) is 0 Å². The summed E-state index contributed by atoms with van der Waals surface area (Å²) in [5.41, 5.74) is 6.46. The molecule has 1 aromatic heterocycles. The molecule has 0 spiro atoms. The summed E-state index contributed by atoms with van der Waals surface area (Å²) >= 11 is 0. The first-order chi connectivity index (χ1) is 16.4. The molecule has 8 heteroatoms. The van der Waals surface area contributed by atoms with Crippen molar-refractivity contribution in [1.82, 2.24) is 15.6 Å². The number of likely N-dealkylation sites (N-methyl/N-ethyl adjacent to an activating group) is 1. The van der Waals surface area contributed by atoms with Gasteiger partial charge in [-0.05, 0) is 50.1 Å². The number of fused-ring (bicyclic) bond motifs is 1. The highest BCUT2D eigenvalue weighted by atomic mass is 16.5. The van der Waals surface area contributed by atoms with Gasteiger partial charge in [0.25, 0.3) is 5.91 Å². The summed E-state index contributed by atoms with van der Waals surface area (Å²) in [6, 6.07) is 7.68. The highest BCUT2D eigenvalue weighted by Gasteiger charge is 2.25. The molecule has 2 amide bonds. The van der Waals surface area contributed by atoms with Gasteiger partial charge in [0.2, 0.25) is 5.91 Å². The molecule has 3 rings (SSSR count). The summed E-state index contributed by atoms with van der Waals surface area (Å²) in [4.78, 5) is 28.3. The molecule has 184 valence electrons. The summed E-state index contributed by atoms with van der Waals surface area (Å²) in [6.07, 6.45) is 2.28. The van der Waals surface area contributed by atoms with Gasteiger partial charge in [-0.3, -0.25) is 9.59 Å². The van der Waals surface area contributed by atoms with Crippen molar-refractivity contribution in [2.24, 2.45) is 0 Å². The molecule has 2 aromatic rings. The molecule has 0 saturated carbocycles. The zero-order chi connectivity index (χ0) is 24.5. The number of benzene rings is 1. The number of amides is 2. The molecule has 1 aliphatic rings. The summed E-state index contributed by atoms with van der Waals surface area (Å²) in [7, 11) is 1.88. The predicted molar refractivity (Wildman–Crippen MR) is 135 cm³/mol. The summed E-state index contributed by atoms with van der Waals surface area (Å²) < 4.78 is 10.9. The molecule has 0 aliphatic carbocycles. The van der Waals surface area contributed by atoms with Crippen molar-refractivity contribution in [2.75, 3.05) is 51.9 Å². The van der Waals surface area contributed by atoms with Gasteiger partial charge in [0.1, 0.15) is 0 Å². The van der Waals surface area contributed by atoms with Gasteiger partial charge in [0.05, 0.1) is 32.0 Å². The fraction of sp³-hybridized carbons (Fsp3) is 0.462. The van der Waals surface area contributed by atoms with Crippen LogP contribution in [0.25, 0.3) is 11.6 Å². The standard InChI is InChI=1S/C26H36N4O4/c1-17(15-24(31)28-10-12-34-14-13-33-11-9-27-4)25-18(2)23(29-19(25)3)16-21-20-7-5-6-8-22(20)30-26(21)32/h5-8,16-17,27,29H,9-15H2,1-4H3,(H,28,31)(H,30,32). The molecule has 0 saturated heterocycles. The number of carbonyl (C=O) groups is 2. The number of nitrogens with one attached hydrogen (secondary N) is 4. The van der Waals surface area contributed by atoms with Crippen LogP contribution in [0.4, 0.5) is 5.69 Å². The van der Waals surface area contributed by atoms with E-state index >= 15 is 0 Å². The molecule has 1 unspecified atom stereocenters. The zero-order valence-corrected chi connectivity index (χ0v) is 20.5. The Morgan fingerprint density at radius 1 is 1.09 bits per heavy atom. The Kier molecular flexibility index (Phi) is 9.44. The minimum absolute atomic E-state index is 0.00891. The Hall–Kier alpha value is -2.94. The maximum Gasteiger partial charge on any atom is 0.256 e. The minimum Gasteiger partial charge on any atom is -0.378 e. The molecule has 1 aliphatic heterocycles. The van der Waals surface area contributed by atoms with Crippen LogP contribution < -0.4 is 16.0 Å². The molecule has 0 radical (unpaired) electrons. The van der Waals surface area contributed by atoms with Gasteiger partial charge in [-0.1, -0.05) is 25.1 Å². The number of hydrogen-bond acceptors (Lipinski definition) is 5. The third kappa shape index (κ3) is 6.56. The number of hydrogen-bond donors (Lipinski definition) is 4. The SMILES string of the molecule is CNCCOCCOCCNC(=O)CC(C)c1c(C)[nH]c(C=C2C(=O)Nc3ccccc32)c1C. The van der Waals surface area contributed by atoms with Crippen LogP contribution in [0.15, 0.2) is 24.3 Å². The van der Waals surface area contributed by atoms with E-state index in [0.717, 1.165) is 40.3 Å². The van der Waals surface area contributed by atoms with Gasteiger partial charge < -0.3 is 30.4 Å². The van der Waals surface area contributed by atoms with Crippen molar-refractivity contribution in [3.8, 4) is 0 Å². The molecule has 2 heterocycles. The maximum atomic E-state index is 12.5. The highest BCUT2D eigenvalue weighted by molar-refractivity contribution is 6.34. The highest BCUT2D eigenvalue weighted by Crippen LogP contribution is 2.35. The van der Waals surface area contributed by atoms with E-state index in [0.29, 0.717) is 45.0 Å². The Morgan fingerprint density at radius 3 is 2.53 bits per heavy atom. The first kappa shape index (κ1) is 25.7. The van der Waals surface area contributed by atoms with Gasteiger partial charge in [0, 0.05) is 42.1 Å². The van der Waals surface area contributed by atoms with Gasteiger partial charge in [-0.2, -0.15) is 0 Å². The van der Waals surface area contributed by atoms with E-state index in [-0.39, 0.29) is 17.7 Å². The lowest BCUT2D eigenvalue weighted by atomic mass is 9.93. The van der Waals surface area contributed by atoms with E-state index in [1.807, 2.05) is 51.2 Å². The van der Waals surface area contributed by atoms with Crippen LogP contribution in [-0.2, 0) is 19.1 Å². The second-order valence-corrected chi connectivity index (χ2v) is 8.54. The van der Waals surface area contributed by atoms with Crippen molar-refractivity contribution in [2.45, 2.75) is 33.1 Å². The number of H-pyrrole nitrogens is 1. The van der Waals surface area contributed by atoms with Crippen molar-refractivity contribution in [3.05, 3.63) is 52.3 Å². The molecule has 1 atom stereocenters. The lowest BCUT2D eigenvalue weighted by Crippen LogP contribution is -2.28. The average Bonchev–Trinajstić information content (AvgIpc) is 3.27. The number of para-hydroxylation sites is 1. The zero-order valence-electron chi connectivity index (χ0n) is 20.5. The van der Waals surface area contributed by atoms with Crippen LogP contribution >= 0.6 is 0 Å². The van der Waals surface area contributed by atoms with E-state index < -0.39 is 0 Å². The Balaban J connectivity index is 1.52. The molecule has 4 N–H and O–H groups in total. The Morgan fingerprint density at radius 2 is 1.79 bits per heavy atom. The molecule has 8 nitrogen and oxygen atoms in total. The third-order valence-corrected chi connectivity index (χ3v) is 5.95. The van der Waals surface area contributed by atoms with E-state index in [2.05, 4.69) is 27.9 Å². The van der Waals surface area contributed by atoms with Gasteiger partial charge in [0.15, 0.2) is 0 Å². The number of ether oxygens (including phenoxy) is 2. The van der Waals surface area contributed by atoms with E-state index in [1.165, 1.54) is 0 Å². The summed E-state index contributed by atoms with van der Waals surface area (Å²) in [5, 5.41) is 8.85. The molecule has 0 bridgehead atoms. The van der Waals surface area contributed by atoms with Crippen LogP contribution in [0.5, 0.6) is 0 Å². The Bertz CT molecular complexity index is 1030. The maximum absolute atomic E-state index is 12.5. The molecular formula is C26H36N4O4. The second-order valence-electron chi connectivity index (χ2n) is 8.54. The van der Waals surface area contributed by atoms with E-state index in [4.69, 9.17) is 9.47 Å². The lowest BCUT2D eigenvalue weighted by molar-refractivity contribution is -0.121. The molecule has 34 heavy (non-hydrogen) atoms. The number of rotatable bonds is 13. The first-order valence-corrected chi connectivity index (χ1v) is 11.8. The van der Waals surface area contributed by atoms with Crippen molar-refractivity contribution < 1.29 is 19.1 Å². The average molecular weight is 469 g/mol. The number of anilines is 1. The summed E-state index contributed by atoms with van der Waals surface area (Å²) in [6.45, 7) is 9.55. The van der Waals surface area contributed by atoms with Crippen LogP contribution in [-0.4, -0.2) is 63.4 Å². The van der Waals surface area contributed by atoms with Crippen LogP contribution in [0.3, 0.4) is 0 Å². The lowest BCUT2D eigenvalue weighted by Gasteiger charge is -2.13. The number of aromatic amines is 1. The number of carbonyl (C=O) groups excluding carboxylic acids is 2. The van der Waals surface area contributed by atoms with Gasteiger partial charge in [-0.15, -0.1) is 0 Å². The largest absolute Gasteiger partial charge is 0.378 e. The second kappa shape index (κ2) is 12.5. The van der Waals surface area contributed by atoms with Gasteiger partial charge >= 0.3 is 0 Å². The van der Waals surface area contributed by atoms with Crippen molar-refractivity contribution in [1.29, 1.82) is 0 Å². The molecule has 1 aromatic carbocycles. The normalized spacial score (nSPS) is 14.8. The van der Waals surface area contributed by atoms with E-state index in [1.54, 1.807) is 0 Å².